The Morgan fingerprint density at radius 3 is 2.23 bits per heavy atom. The normalized spacial score (nSPS) is 18.5. The third-order valence-corrected chi connectivity index (χ3v) is 5.55. The Kier molecular flexibility index (Phi) is 7.41. The van der Waals surface area contributed by atoms with Crippen LogP contribution in [-0.2, 0) is 20.9 Å². The van der Waals surface area contributed by atoms with Gasteiger partial charge in [-0.15, -0.1) is 0 Å². The number of hydrogen-bond acceptors (Lipinski definition) is 5. The maximum absolute atomic E-state index is 12.7. The van der Waals surface area contributed by atoms with E-state index in [9.17, 15) is 14.4 Å². The molecule has 0 aliphatic carbocycles. The Hall–Kier alpha value is -2.77. The highest BCUT2D eigenvalue weighted by Crippen LogP contribution is 2.21. The smallest absolute Gasteiger partial charge is 0.410 e. The molecule has 2 aliphatic heterocycles. The molecule has 0 aromatic heterocycles. The zero-order valence-corrected chi connectivity index (χ0v) is 18.7. The molecule has 1 aromatic carbocycles. The molecule has 170 valence electrons. The summed E-state index contributed by atoms with van der Waals surface area (Å²) < 4.78 is 10.9. The second-order valence-corrected chi connectivity index (χ2v) is 9.06. The Balaban J connectivity index is 1.47. The van der Waals surface area contributed by atoms with Crippen LogP contribution in [0.3, 0.4) is 0 Å². The largest absolute Gasteiger partial charge is 0.445 e. The first-order valence-electron chi connectivity index (χ1n) is 11.0. The van der Waals surface area contributed by atoms with Crippen molar-refractivity contribution < 1.29 is 23.9 Å². The second kappa shape index (κ2) is 10.0. The summed E-state index contributed by atoms with van der Waals surface area (Å²) in [5, 5.41) is 0. The monoisotopic (exact) mass is 431 g/mol. The minimum absolute atomic E-state index is 0.0520. The second-order valence-electron chi connectivity index (χ2n) is 9.06. The van der Waals surface area contributed by atoms with Gasteiger partial charge in [0.15, 0.2) is 0 Å². The Morgan fingerprint density at radius 2 is 1.58 bits per heavy atom. The molecule has 0 unspecified atom stereocenters. The SMILES string of the molecule is CC(C)(C)OC(=O)N1CCC(=O)N(C2CCN(C(=O)OCc3ccccc3)CC2)CC1. The molecule has 2 fully saturated rings. The highest BCUT2D eigenvalue weighted by molar-refractivity contribution is 5.78. The van der Waals surface area contributed by atoms with Crippen LogP contribution >= 0.6 is 0 Å². The van der Waals surface area contributed by atoms with Gasteiger partial charge in [-0.2, -0.15) is 0 Å². The van der Waals surface area contributed by atoms with Crippen molar-refractivity contribution in [2.75, 3.05) is 32.7 Å². The minimum Gasteiger partial charge on any atom is -0.445 e. The molecule has 8 heteroatoms. The molecule has 0 bridgehead atoms. The molecule has 3 amide bonds. The lowest BCUT2D eigenvalue weighted by Crippen LogP contribution is -2.49. The molecule has 31 heavy (non-hydrogen) atoms. The van der Waals surface area contributed by atoms with Gasteiger partial charge in [-0.3, -0.25) is 4.79 Å². The Bertz CT molecular complexity index is 769. The molecular weight excluding hydrogens is 398 g/mol. The summed E-state index contributed by atoms with van der Waals surface area (Å²) in [7, 11) is 0. The van der Waals surface area contributed by atoms with Crippen molar-refractivity contribution in [3.63, 3.8) is 0 Å². The van der Waals surface area contributed by atoms with Crippen molar-refractivity contribution in [2.45, 2.75) is 58.3 Å². The zero-order valence-electron chi connectivity index (χ0n) is 18.7. The number of hydrogen-bond donors (Lipinski definition) is 0. The van der Waals surface area contributed by atoms with Crippen molar-refractivity contribution in [1.82, 2.24) is 14.7 Å². The molecule has 1 aromatic rings. The molecular formula is C23H33N3O5. The number of piperidine rings is 1. The van der Waals surface area contributed by atoms with E-state index in [1.54, 1.807) is 9.80 Å². The number of carbonyl (C=O) groups is 3. The van der Waals surface area contributed by atoms with Crippen molar-refractivity contribution in [2.24, 2.45) is 0 Å². The lowest BCUT2D eigenvalue weighted by molar-refractivity contribution is -0.133. The molecule has 0 radical (unpaired) electrons. The number of nitrogens with zero attached hydrogens (tertiary/aromatic N) is 3. The molecule has 0 N–H and O–H groups in total. The van der Waals surface area contributed by atoms with Gasteiger partial charge in [0.25, 0.3) is 0 Å². The maximum Gasteiger partial charge on any atom is 0.410 e. The van der Waals surface area contributed by atoms with E-state index < -0.39 is 5.60 Å². The Labute approximate surface area is 184 Å². The van der Waals surface area contributed by atoms with E-state index in [0.29, 0.717) is 52.0 Å². The van der Waals surface area contributed by atoms with E-state index in [1.165, 1.54) is 0 Å². The van der Waals surface area contributed by atoms with Crippen LogP contribution < -0.4 is 0 Å². The molecule has 2 saturated heterocycles. The summed E-state index contributed by atoms with van der Waals surface area (Å²) in [6, 6.07) is 9.67. The summed E-state index contributed by atoms with van der Waals surface area (Å²) in [6.45, 7) is 8.17. The summed E-state index contributed by atoms with van der Waals surface area (Å²) in [5.41, 5.74) is 0.394. The number of amides is 3. The summed E-state index contributed by atoms with van der Waals surface area (Å²) in [5.74, 6) is 0.0520. The van der Waals surface area contributed by atoms with Gasteiger partial charge in [-0.05, 0) is 39.2 Å². The molecule has 0 saturated carbocycles. The summed E-state index contributed by atoms with van der Waals surface area (Å²) in [6.07, 6.45) is 1.01. The van der Waals surface area contributed by atoms with Crippen LogP contribution in [0.1, 0.15) is 45.6 Å². The highest BCUT2D eigenvalue weighted by Gasteiger charge is 2.33. The van der Waals surface area contributed by atoms with Gasteiger partial charge in [0.05, 0.1) is 0 Å². The molecule has 2 aliphatic rings. The summed E-state index contributed by atoms with van der Waals surface area (Å²) in [4.78, 5) is 42.6. The van der Waals surface area contributed by atoms with E-state index in [4.69, 9.17) is 9.47 Å². The fraction of sp³-hybridized carbons (Fsp3) is 0.609. The van der Waals surface area contributed by atoms with Gasteiger partial charge >= 0.3 is 12.2 Å². The fourth-order valence-electron chi connectivity index (χ4n) is 3.91. The number of rotatable bonds is 3. The van der Waals surface area contributed by atoms with Crippen molar-refractivity contribution in [3.8, 4) is 0 Å². The van der Waals surface area contributed by atoms with Gasteiger partial charge < -0.3 is 24.2 Å². The van der Waals surface area contributed by atoms with Gasteiger partial charge in [-0.25, -0.2) is 9.59 Å². The average Bonchev–Trinajstić information content (AvgIpc) is 2.93. The number of likely N-dealkylation sites (tertiary alicyclic amines) is 1. The number of benzene rings is 1. The van der Waals surface area contributed by atoms with Gasteiger partial charge in [0.2, 0.25) is 5.91 Å². The molecule has 3 rings (SSSR count). The topological polar surface area (TPSA) is 79.4 Å². The first-order chi connectivity index (χ1) is 14.7. The predicted octanol–water partition coefficient (Wildman–Crippen LogP) is 3.26. The maximum atomic E-state index is 12.7. The van der Waals surface area contributed by atoms with Gasteiger partial charge in [0, 0.05) is 45.2 Å². The van der Waals surface area contributed by atoms with Crippen LogP contribution in [0.25, 0.3) is 0 Å². The van der Waals surface area contributed by atoms with E-state index >= 15 is 0 Å². The third-order valence-electron chi connectivity index (χ3n) is 5.55. The van der Waals surface area contributed by atoms with Gasteiger partial charge in [0.1, 0.15) is 12.2 Å². The summed E-state index contributed by atoms with van der Waals surface area (Å²) >= 11 is 0. The van der Waals surface area contributed by atoms with Gasteiger partial charge in [-0.1, -0.05) is 30.3 Å². The van der Waals surface area contributed by atoms with Crippen LogP contribution in [0.2, 0.25) is 0 Å². The quantitative estimate of drug-likeness (QED) is 0.734. The van der Waals surface area contributed by atoms with E-state index in [-0.39, 0.29) is 30.7 Å². The number of carbonyl (C=O) groups excluding carboxylic acids is 3. The van der Waals surface area contributed by atoms with Crippen molar-refractivity contribution in [3.05, 3.63) is 35.9 Å². The zero-order chi connectivity index (χ0) is 22.4. The molecule has 0 spiro atoms. The minimum atomic E-state index is -0.560. The lowest BCUT2D eigenvalue weighted by Gasteiger charge is -2.37. The first kappa shape index (κ1) is 22.9. The molecule has 2 heterocycles. The third kappa shape index (κ3) is 6.60. The van der Waals surface area contributed by atoms with Crippen LogP contribution in [0.5, 0.6) is 0 Å². The van der Waals surface area contributed by atoms with Crippen molar-refractivity contribution >= 4 is 18.1 Å². The lowest BCUT2D eigenvalue weighted by atomic mass is 10.0. The average molecular weight is 432 g/mol. The number of ether oxygens (including phenoxy) is 2. The van der Waals surface area contributed by atoms with Crippen LogP contribution in [0, 0.1) is 0 Å². The van der Waals surface area contributed by atoms with Crippen molar-refractivity contribution in [1.29, 1.82) is 0 Å². The molecule has 0 atom stereocenters. The van der Waals surface area contributed by atoms with E-state index in [1.807, 2.05) is 56.0 Å². The first-order valence-corrected chi connectivity index (χ1v) is 11.0. The van der Waals surface area contributed by atoms with E-state index in [0.717, 1.165) is 5.56 Å². The highest BCUT2D eigenvalue weighted by atomic mass is 16.6. The molecule has 8 nitrogen and oxygen atoms in total. The standard InChI is InChI=1S/C23H33N3O5/c1-23(2,3)31-22(29)25-14-11-20(27)26(16-15-25)19-9-12-24(13-10-19)21(28)30-17-18-7-5-4-6-8-18/h4-8,19H,9-17H2,1-3H3. The predicted molar refractivity (Wildman–Crippen MR) is 115 cm³/mol. The Morgan fingerprint density at radius 1 is 0.935 bits per heavy atom. The van der Waals surface area contributed by atoms with Crippen LogP contribution in [0.15, 0.2) is 30.3 Å². The van der Waals surface area contributed by atoms with E-state index in [2.05, 4.69) is 0 Å². The fourth-order valence-corrected chi connectivity index (χ4v) is 3.91. The van der Waals surface area contributed by atoms with Crippen LogP contribution in [0.4, 0.5) is 9.59 Å². The van der Waals surface area contributed by atoms with Crippen LogP contribution in [-0.4, -0.2) is 77.2 Å².